The number of thiazole rings is 1. The van der Waals surface area contributed by atoms with E-state index < -0.39 is 10.8 Å². The predicted molar refractivity (Wildman–Crippen MR) is 120 cm³/mol. The van der Waals surface area contributed by atoms with Crippen LogP contribution in [0.15, 0.2) is 47.5 Å². The van der Waals surface area contributed by atoms with E-state index in [2.05, 4.69) is 11.9 Å². The largest absolute Gasteiger partial charge is 0.494 e. The minimum atomic E-state index is -0.439. The van der Waals surface area contributed by atoms with Gasteiger partial charge in [0.25, 0.3) is 11.6 Å². The van der Waals surface area contributed by atoms with Crippen molar-refractivity contribution in [3.63, 3.8) is 0 Å². The zero-order valence-corrected chi connectivity index (χ0v) is 18.4. The average molecular weight is 444 g/mol. The van der Waals surface area contributed by atoms with Gasteiger partial charge in [-0.05, 0) is 30.7 Å². The van der Waals surface area contributed by atoms with E-state index in [9.17, 15) is 14.9 Å². The first-order chi connectivity index (χ1) is 15.0. The normalized spacial score (nSPS) is 11.7. The molecule has 0 saturated carbocycles. The summed E-state index contributed by atoms with van der Waals surface area (Å²) in [6.07, 6.45) is 3.17. The maximum absolute atomic E-state index is 12.9. The van der Waals surface area contributed by atoms with Crippen LogP contribution in [0.1, 0.15) is 36.5 Å². The molecule has 164 valence electrons. The molecule has 0 aliphatic heterocycles. The van der Waals surface area contributed by atoms with Gasteiger partial charge in [-0.2, -0.15) is 4.99 Å². The third kappa shape index (κ3) is 5.77. The van der Waals surface area contributed by atoms with E-state index in [4.69, 9.17) is 9.47 Å². The molecule has 8 nitrogen and oxygen atoms in total. The number of rotatable bonds is 10. The van der Waals surface area contributed by atoms with Gasteiger partial charge >= 0.3 is 0 Å². The van der Waals surface area contributed by atoms with Gasteiger partial charge in [-0.15, -0.1) is 0 Å². The highest BCUT2D eigenvalue weighted by Crippen LogP contribution is 2.23. The highest BCUT2D eigenvalue weighted by atomic mass is 32.1. The highest BCUT2D eigenvalue weighted by molar-refractivity contribution is 7.16. The minimum Gasteiger partial charge on any atom is -0.494 e. The number of nitro groups is 1. The van der Waals surface area contributed by atoms with Gasteiger partial charge in [0.2, 0.25) is 0 Å². The summed E-state index contributed by atoms with van der Waals surface area (Å²) in [5.74, 6) is 0.239. The lowest BCUT2D eigenvalue weighted by molar-refractivity contribution is -0.384. The summed E-state index contributed by atoms with van der Waals surface area (Å²) in [5.41, 5.74) is 1.06. The monoisotopic (exact) mass is 443 g/mol. The Kier molecular flexibility index (Phi) is 7.91. The van der Waals surface area contributed by atoms with Crippen molar-refractivity contribution in [2.24, 2.45) is 4.99 Å². The highest BCUT2D eigenvalue weighted by Gasteiger charge is 2.14. The predicted octanol–water partition coefficient (Wildman–Crippen LogP) is 4.57. The Bertz CT molecular complexity index is 1140. The van der Waals surface area contributed by atoms with Crippen molar-refractivity contribution in [1.29, 1.82) is 0 Å². The number of non-ortho nitro benzene ring substituents is 1. The van der Waals surface area contributed by atoms with Gasteiger partial charge in [0, 0.05) is 31.4 Å². The Morgan fingerprint density at radius 2 is 2.03 bits per heavy atom. The SMILES string of the molecule is CCCCCOc1cccc(C(=O)N=c2sc3ccc([N+](=O)[O-])cc3n2CCOC)c1. The van der Waals surface area contributed by atoms with Crippen LogP contribution in [0.3, 0.4) is 0 Å². The molecule has 0 bridgehead atoms. The first kappa shape index (κ1) is 22.6. The van der Waals surface area contributed by atoms with Gasteiger partial charge in [-0.25, -0.2) is 0 Å². The van der Waals surface area contributed by atoms with E-state index in [0.29, 0.717) is 41.4 Å². The van der Waals surface area contributed by atoms with Gasteiger partial charge in [0.15, 0.2) is 4.80 Å². The summed E-state index contributed by atoms with van der Waals surface area (Å²) >= 11 is 1.31. The molecule has 1 aromatic heterocycles. The van der Waals surface area contributed by atoms with Crippen molar-refractivity contribution in [2.75, 3.05) is 20.3 Å². The molecule has 0 atom stereocenters. The second-order valence-electron chi connectivity index (χ2n) is 6.94. The zero-order chi connectivity index (χ0) is 22.2. The Labute approximate surface area is 183 Å². The zero-order valence-electron chi connectivity index (χ0n) is 17.6. The average Bonchev–Trinajstić information content (AvgIpc) is 3.11. The number of amides is 1. The molecule has 31 heavy (non-hydrogen) atoms. The van der Waals surface area contributed by atoms with Crippen LogP contribution in [-0.4, -0.2) is 35.7 Å². The number of nitro benzene ring substituents is 1. The molecule has 0 radical (unpaired) electrons. The van der Waals surface area contributed by atoms with E-state index in [1.54, 1.807) is 35.9 Å². The van der Waals surface area contributed by atoms with Crippen LogP contribution >= 0.6 is 11.3 Å². The number of aromatic nitrogens is 1. The number of methoxy groups -OCH3 is 1. The molecule has 3 aromatic rings. The number of benzene rings is 2. The molecular weight excluding hydrogens is 418 g/mol. The summed E-state index contributed by atoms with van der Waals surface area (Å²) in [5, 5.41) is 11.2. The molecule has 0 aliphatic rings. The van der Waals surface area contributed by atoms with Crippen molar-refractivity contribution in [3.8, 4) is 5.75 Å². The van der Waals surface area contributed by atoms with E-state index in [1.807, 2.05) is 6.07 Å². The molecule has 0 N–H and O–H groups in total. The second kappa shape index (κ2) is 10.8. The molecule has 0 spiro atoms. The number of carbonyl (C=O) groups is 1. The summed E-state index contributed by atoms with van der Waals surface area (Å²) in [7, 11) is 1.57. The maximum atomic E-state index is 12.9. The van der Waals surface area contributed by atoms with E-state index in [1.165, 1.54) is 23.5 Å². The molecule has 2 aromatic carbocycles. The number of ether oxygens (including phenoxy) is 2. The number of hydrogen-bond acceptors (Lipinski definition) is 6. The minimum absolute atomic E-state index is 0.0118. The van der Waals surface area contributed by atoms with Gasteiger partial charge in [0.05, 0.1) is 28.4 Å². The summed E-state index contributed by atoms with van der Waals surface area (Å²) in [6.45, 7) is 3.54. The van der Waals surface area contributed by atoms with Gasteiger partial charge < -0.3 is 14.0 Å². The van der Waals surface area contributed by atoms with Crippen LogP contribution in [0.5, 0.6) is 5.75 Å². The Morgan fingerprint density at radius 3 is 2.77 bits per heavy atom. The molecule has 9 heteroatoms. The van der Waals surface area contributed by atoms with Gasteiger partial charge in [-0.3, -0.25) is 14.9 Å². The molecule has 0 unspecified atom stereocenters. The molecule has 0 saturated heterocycles. The van der Waals surface area contributed by atoms with Crippen LogP contribution < -0.4 is 9.54 Å². The Balaban J connectivity index is 1.93. The summed E-state index contributed by atoms with van der Waals surface area (Å²) < 4.78 is 13.5. The van der Waals surface area contributed by atoms with E-state index in [-0.39, 0.29) is 5.69 Å². The number of unbranched alkanes of at least 4 members (excludes halogenated alkanes) is 2. The lowest BCUT2D eigenvalue weighted by Gasteiger charge is -2.06. The number of hydrogen-bond donors (Lipinski definition) is 0. The third-order valence-corrected chi connectivity index (χ3v) is 5.75. The van der Waals surface area contributed by atoms with E-state index >= 15 is 0 Å². The van der Waals surface area contributed by atoms with Crippen molar-refractivity contribution in [2.45, 2.75) is 32.7 Å². The topological polar surface area (TPSA) is 96.0 Å². The van der Waals surface area contributed by atoms with Crippen LogP contribution in [0, 0.1) is 10.1 Å². The molecule has 1 amide bonds. The lowest BCUT2D eigenvalue weighted by atomic mass is 10.2. The summed E-state index contributed by atoms with van der Waals surface area (Å²) in [4.78, 5) is 28.4. The molecule has 0 fully saturated rings. The fourth-order valence-electron chi connectivity index (χ4n) is 3.07. The standard InChI is InChI=1S/C22H25N3O5S/c1-3-4-5-12-30-18-8-6-7-16(14-18)21(26)23-22-24(11-13-29-2)19-15-17(25(27)28)9-10-20(19)31-22/h6-10,14-15H,3-5,11-13H2,1-2H3. The van der Waals surface area contributed by atoms with Gasteiger partial charge in [-0.1, -0.05) is 37.2 Å². The van der Waals surface area contributed by atoms with Gasteiger partial charge in [0.1, 0.15) is 5.75 Å². The van der Waals surface area contributed by atoms with Crippen molar-refractivity contribution >= 4 is 33.1 Å². The Hall–Kier alpha value is -3.04. The number of nitrogens with zero attached hydrogens (tertiary/aromatic N) is 3. The summed E-state index contributed by atoms with van der Waals surface area (Å²) in [6, 6.07) is 11.6. The first-order valence-electron chi connectivity index (χ1n) is 10.1. The fourth-order valence-corrected chi connectivity index (χ4v) is 4.10. The number of fused-ring (bicyclic) bond motifs is 1. The maximum Gasteiger partial charge on any atom is 0.279 e. The molecular formula is C22H25N3O5S. The molecule has 3 rings (SSSR count). The Morgan fingerprint density at radius 1 is 1.19 bits per heavy atom. The molecule has 0 aliphatic carbocycles. The first-order valence-corrected chi connectivity index (χ1v) is 10.9. The van der Waals surface area contributed by atoms with Crippen LogP contribution in [-0.2, 0) is 11.3 Å². The van der Waals surface area contributed by atoms with Crippen molar-refractivity contribution in [3.05, 3.63) is 62.9 Å². The van der Waals surface area contributed by atoms with Crippen LogP contribution in [0.25, 0.3) is 10.2 Å². The van der Waals surface area contributed by atoms with Crippen LogP contribution in [0.4, 0.5) is 5.69 Å². The van der Waals surface area contributed by atoms with E-state index in [0.717, 1.165) is 24.0 Å². The third-order valence-electron chi connectivity index (χ3n) is 4.69. The second-order valence-corrected chi connectivity index (χ2v) is 7.95. The molecule has 1 heterocycles. The van der Waals surface area contributed by atoms with Crippen molar-refractivity contribution in [1.82, 2.24) is 4.57 Å². The number of carbonyl (C=O) groups excluding carboxylic acids is 1. The quantitative estimate of drug-likeness (QED) is 0.260. The van der Waals surface area contributed by atoms with Crippen LogP contribution in [0.2, 0.25) is 0 Å². The lowest BCUT2D eigenvalue weighted by Crippen LogP contribution is -2.19. The van der Waals surface area contributed by atoms with Crippen molar-refractivity contribution < 1.29 is 19.2 Å². The smallest absolute Gasteiger partial charge is 0.279 e. The fraction of sp³-hybridized carbons (Fsp3) is 0.364.